The van der Waals surface area contributed by atoms with Gasteiger partial charge in [-0.15, -0.1) is 0 Å². The van der Waals surface area contributed by atoms with Crippen LogP contribution in [0, 0.1) is 13.8 Å². The van der Waals surface area contributed by atoms with Crippen LogP contribution in [0.25, 0.3) is 11.6 Å². The molecule has 27 heavy (non-hydrogen) atoms. The molecular formula is C20H26N6O. The van der Waals surface area contributed by atoms with Gasteiger partial charge in [0, 0.05) is 19.5 Å². The minimum atomic E-state index is 0.574. The molecule has 0 aliphatic heterocycles. The molecule has 0 saturated carbocycles. The van der Waals surface area contributed by atoms with Crippen LogP contribution in [0.1, 0.15) is 29.4 Å². The Kier molecular flexibility index (Phi) is 6.25. The van der Waals surface area contributed by atoms with Crippen molar-refractivity contribution in [2.75, 3.05) is 13.1 Å². The van der Waals surface area contributed by atoms with E-state index in [0.29, 0.717) is 31.1 Å². The number of aromatic nitrogens is 3. The van der Waals surface area contributed by atoms with E-state index < -0.39 is 0 Å². The first-order valence-electron chi connectivity index (χ1n) is 9.19. The number of hydrogen-bond donors (Lipinski definition) is 3. The van der Waals surface area contributed by atoms with Crippen molar-refractivity contribution in [2.45, 2.75) is 33.7 Å². The molecule has 0 spiro atoms. The van der Waals surface area contributed by atoms with Crippen LogP contribution in [0.5, 0.6) is 0 Å². The van der Waals surface area contributed by atoms with Crippen LogP contribution in [0.15, 0.2) is 46.0 Å². The van der Waals surface area contributed by atoms with Crippen molar-refractivity contribution < 1.29 is 4.42 Å². The Morgan fingerprint density at radius 1 is 1.22 bits per heavy atom. The fourth-order valence-corrected chi connectivity index (χ4v) is 2.75. The van der Waals surface area contributed by atoms with Gasteiger partial charge in [-0.2, -0.15) is 5.10 Å². The zero-order valence-electron chi connectivity index (χ0n) is 16.0. The highest BCUT2D eigenvalue weighted by atomic mass is 16.3. The second-order valence-electron chi connectivity index (χ2n) is 6.38. The normalized spacial score (nSPS) is 11.6. The van der Waals surface area contributed by atoms with Gasteiger partial charge in [0.2, 0.25) is 5.82 Å². The number of aryl methyl sites for hydroxylation is 2. The number of hydrogen-bond acceptors (Lipinski definition) is 4. The number of benzene rings is 1. The number of aliphatic imine (C=N–C) groups is 1. The van der Waals surface area contributed by atoms with Crippen molar-refractivity contribution in [3.05, 3.63) is 59.1 Å². The van der Waals surface area contributed by atoms with Crippen molar-refractivity contribution >= 4 is 5.96 Å². The number of nitrogens with one attached hydrogen (secondary N) is 3. The standard InChI is InChI=1S/C20H26N6O/c1-4-21-20(23-13-16-8-7-14(2)12-15(16)3)22-10-9-18-24-19(26-25-18)17-6-5-11-27-17/h5-8,11-12H,4,9-10,13H2,1-3H3,(H2,21,22,23)(H,24,25,26). The van der Waals surface area contributed by atoms with Gasteiger partial charge < -0.3 is 15.1 Å². The Bertz CT molecular complexity index is 882. The Labute approximate surface area is 159 Å². The molecule has 0 unspecified atom stereocenters. The summed E-state index contributed by atoms with van der Waals surface area (Å²) in [7, 11) is 0. The van der Waals surface area contributed by atoms with Crippen molar-refractivity contribution in [2.24, 2.45) is 4.99 Å². The third-order valence-electron chi connectivity index (χ3n) is 4.18. The number of H-pyrrole nitrogens is 1. The molecule has 142 valence electrons. The van der Waals surface area contributed by atoms with E-state index in [1.165, 1.54) is 16.7 Å². The Balaban J connectivity index is 1.55. The molecule has 7 heteroatoms. The first-order valence-corrected chi connectivity index (χ1v) is 9.19. The van der Waals surface area contributed by atoms with Gasteiger partial charge in [0.05, 0.1) is 12.8 Å². The minimum absolute atomic E-state index is 0.574. The van der Waals surface area contributed by atoms with E-state index in [0.717, 1.165) is 18.3 Å². The smallest absolute Gasteiger partial charge is 0.216 e. The lowest BCUT2D eigenvalue weighted by atomic mass is 10.1. The van der Waals surface area contributed by atoms with Crippen LogP contribution in [0.2, 0.25) is 0 Å². The monoisotopic (exact) mass is 366 g/mol. The van der Waals surface area contributed by atoms with E-state index in [-0.39, 0.29) is 0 Å². The molecule has 0 radical (unpaired) electrons. The average Bonchev–Trinajstić information content (AvgIpc) is 3.32. The number of guanidine groups is 1. The van der Waals surface area contributed by atoms with E-state index in [1.54, 1.807) is 6.26 Å². The molecule has 2 aromatic heterocycles. The highest BCUT2D eigenvalue weighted by molar-refractivity contribution is 5.79. The van der Waals surface area contributed by atoms with Gasteiger partial charge in [0.1, 0.15) is 5.82 Å². The van der Waals surface area contributed by atoms with Gasteiger partial charge in [0.25, 0.3) is 0 Å². The summed E-state index contributed by atoms with van der Waals surface area (Å²) < 4.78 is 5.31. The lowest BCUT2D eigenvalue weighted by molar-refractivity contribution is 0.577. The van der Waals surface area contributed by atoms with E-state index in [2.05, 4.69) is 69.8 Å². The van der Waals surface area contributed by atoms with Crippen LogP contribution >= 0.6 is 0 Å². The summed E-state index contributed by atoms with van der Waals surface area (Å²) in [5.41, 5.74) is 3.77. The Morgan fingerprint density at radius 3 is 2.85 bits per heavy atom. The summed E-state index contributed by atoms with van der Waals surface area (Å²) >= 11 is 0. The molecule has 0 fully saturated rings. The largest absolute Gasteiger partial charge is 0.461 e. The molecule has 0 aliphatic rings. The summed E-state index contributed by atoms with van der Waals surface area (Å²) in [5, 5.41) is 13.7. The third kappa shape index (κ3) is 5.20. The maximum atomic E-state index is 5.31. The Hall–Kier alpha value is -3.09. The van der Waals surface area contributed by atoms with Gasteiger partial charge in [-0.25, -0.2) is 9.98 Å². The van der Waals surface area contributed by atoms with Crippen molar-refractivity contribution in [1.82, 2.24) is 25.8 Å². The number of furan rings is 1. The fourth-order valence-electron chi connectivity index (χ4n) is 2.75. The van der Waals surface area contributed by atoms with Gasteiger partial charge in [-0.3, -0.25) is 5.10 Å². The summed E-state index contributed by atoms with van der Waals surface area (Å²) in [6.45, 7) is 8.44. The fraction of sp³-hybridized carbons (Fsp3) is 0.350. The second-order valence-corrected chi connectivity index (χ2v) is 6.38. The van der Waals surface area contributed by atoms with Crippen molar-refractivity contribution in [3.63, 3.8) is 0 Å². The second kappa shape index (κ2) is 9.02. The first-order chi connectivity index (χ1) is 13.2. The van der Waals surface area contributed by atoms with Crippen molar-refractivity contribution in [1.29, 1.82) is 0 Å². The minimum Gasteiger partial charge on any atom is -0.461 e. The summed E-state index contributed by atoms with van der Waals surface area (Å²) in [6.07, 6.45) is 2.32. The molecule has 3 N–H and O–H groups in total. The first kappa shape index (κ1) is 18.7. The molecule has 3 rings (SSSR count). The van der Waals surface area contributed by atoms with Crippen LogP contribution in [-0.4, -0.2) is 34.2 Å². The van der Waals surface area contributed by atoms with E-state index in [9.17, 15) is 0 Å². The van der Waals surface area contributed by atoms with E-state index in [1.807, 2.05) is 12.1 Å². The predicted molar refractivity (Wildman–Crippen MR) is 107 cm³/mol. The predicted octanol–water partition coefficient (Wildman–Crippen LogP) is 2.98. The van der Waals surface area contributed by atoms with E-state index in [4.69, 9.17) is 4.42 Å². The van der Waals surface area contributed by atoms with Gasteiger partial charge >= 0.3 is 0 Å². The maximum Gasteiger partial charge on any atom is 0.216 e. The number of aromatic amines is 1. The summed E-state index contributed by atoms with van der Waals surface area (Å²) in [4.78, 5) is 9.13. The molecule has 3 aromatic rings. The maximum absolute atomic E-state index is 5.31. The van der Waals surface area contributed by atoms with Gasteiger partial charge in [-0.1, -0.05) is 23.8 Å². The van der Waals surface area contributed by atoms with Gasteiger partial charge in [0.15, 0.2) is 11.7 Å². The number of nitrogens with zero attached hydrogens (tertiary/aromatic N) is 3. The highest BCUT2D eigenvalue weighted by Crippen LogP contribution is 2.14. The van der Waals surface area contributed by atoms with Gasteiger partial charge in [-0.05, 0) is 44.0 Å². The zero-order valence-corrected chi connectivity index (χ0v) is 16.0. The quantitative estimate of drug-likeness (QED) is 0.442. The SMILES string of the molecule is CCNC(=NCc1ccc(C)cc1C)NCCc1nc(-c2ccco2)n[nH]1. The third-order valence-corrected chi connectivity index (χ3v) is 4.18. The molecule has 0 amide bonds. The molecule has 0 aliphatic carbocycles. The lowest BCUT2D eigenvalue weighted by Crippen LogP contribution is -2.38. The molecule has 7 nitrogen and oxygen atoms in total. The van der Waals surface area contributed by atoms with Crippen LogP contribution < -0.4 is 10.6 Å². The van der Waals surface area contributed by atoms with E-state index >= 15 is 0 Å². The lowest BCUT2D eigenvalue weighted by Gasteiger charge is -2.11. The summed E-state index contributed by atoms with van der Waals surface area (Å²) in [6, 6.07) is 10.1. The van der Waals surface area contributed by atoms with Crippen LogP contribution in [-0.2, 0) is 13.0 Å². The summed E-state index contributed by atoms with van der Waals surface area (Å²) in [5.74, 6) is 2.83. The Morgan fingerprint density at radius 2 is 2.11 bits per heavy atom. The zero-order chi connectivity index (χ0) is 19.1. The van der Waals surface area contributed by atoms with Crippen LogP contribution in [0.3, 0.4) is 0 Å². The molecule has 0 atom stereocenters. The van der Waals surface area contributed by atoms with Crippen LogP contribution in [0.4, 0.5) is 0 Å². The van der Waals surface area contributed by atoms with Crippen molar-refractivity contribution in [3.8, 4) is 11.6 Å². The highest BCUT2D eigenvalue weighted by Gasteiger charge is 2.08. The topological polar surface area (TPSA) is 91.1 Å². The molecular weight excluding hydrogens is 340 g/mol. The molecule has 1 aromatic carbocycles. The number of rotatable bonds is 7. The molecule has 2 heterocycles. The molecule has 0 bridgehead atoms. The average molecular weight is 366 g/mol. The molecule has 0 saturated heterocycles.